The molecule has 1 amide bonds. The molecule has 3 aromatic rings. The number of rotatable bonds is 4. The fourth-order valence-electron chi connectivity index (χ4n) is 2.11. The molecule has 0 aliphatic carbocycles. The van der Waals surface area contributed by atoms with Crippen molar-refractivity contribution in [1.82, 2.24) is 4.98 Å². The third-order valence-corrected chi connectivity index (χ3v) is 3.90. The monoisotopic (exact) mass is 294 g/mol. The molecule has 0 spiro atoms. The van der Waals surface area contributed by atoms with Gasteiger partial charge >= 0.3 is 0 Å². The van der Waals surface area contributed by atoms with Gasteiger partial charge in [-0.1, -0.05) is 48.5 Å². The fraction of sp³-hybridized carbons (Fsp3) is 0.0588. The van der Waals surface area contributed by atoms with E-state index in [2.05, 4.69) is 4.98 Å². The van der Waals surface area contributed by atoms with Crippen LogP contribution in [0.5, 0.6) is 0 Å². The van der Waals surface area contributed by atoms with E-state index in [4.69, 9.17) is 0 Å². The van der Waals surface area contributed by atoms with Gasteiger partial charge in [0.05, 0.1) is 18.3 Å². The van der Waals surface area contributed by atoms with Crippen LogP contribution in [0.2, 0.25) is 0 Å². The van der Waals surface area contributed by atoms with Crippen LogP contribution in [0.3, 0.4) is 0 Å². The van der Waals surface area contributed by atoms with E-state index in [1.165, 1.54) is 11.3 Å². The lowest BCUT2D eigenvalue weighted by atomic mass is 10.2. The zero-order valence-electron chi connectivity index (χ0n) is 11.3. The van der Waals surface area contributed by atoms with Crippen LogP contribution in [0.4, 0.5) is 5.69 Å². The van der Waals surface area contributed by atoms with E-state index >= 15 is 0 Å². The van der Waals surface area contributed by atoms with Crippen molar-refractivity contribution in [3.63, 3.8) is 0 Å². The lowest BCUT2D eigenvalue weighted by Crippen LogP contribution is -2.29. The Kier molecular flexibility index (Phi) is 4.07. The van der Waals surface area contributed by atoms with Gasteiger partial charge in [0, 0.05) is 5.69 Å². The Hall–Kier alpha value is -2.46. The number of carbonyl (C=O) groups is 1. The Balaban J connectivity index is 1.93. The number of para-hydroxylation sites is 1. The first-order valence-corrected chi connectivity index (χ1v) is 7.52. The Morgan fingerprint density at radius 2 is 1.67 bits per heavy atom. The molecule has 0 bridgehead atoms. The molecular formula is C17H14N2OS. The maximum Gasteiger partial charge on any atom is 0.270 e. The molecule has 3 rings (SSSR count). The molecule has 0 fully saturated rings. The second-order valence-electron chi connectivity index (χ2n) is 4.58. The van der Waals surface area contributed by atoms with E-state index < -0.39 is 0 Å². The molecule has 0 N–H and O–H groups in total. The van der Waals surface area contributed by atoms with Crippen LogP contribution >= 0.6 is 11.3 Å². The molecule has 0 radical (unpaired) electrons. The molecule has 4 heteroatoms. The molecule has 3 nitrogen and oxygen atoms in total. The van der Waals surface area contributed by atoms with Crippen LogP contribution in [-0.4, -0.2) is 10.9 Å². The molecule has 1 heterocycles. The van der Waals surface area contributed by atoms with Crippen molar-refractivity contribution in [2.24, 2.45) is 0 Å². The minimum Gasteiger partial charge on any atom is -0.303 e. The van der Waals surface area contributed by atoms with Crippen LogP contribution in [0.15, 0.2) is 72.4 Å². The van der Waals surface area contributed by atoms with Crippen molar-refractivity contribution < 1.29 is 4.79 Å². The lowest BCUT2D eigenvalue weighted by Gasteiger charge is -2.22. The smallest absolute Gasteiger partial charge is 0.270 e. The first kappa shape index (κ1) is 13.5. The molecule has 0 aliphatic heterocycles. The Morgan fingerprint density at radius 3 is 2.29 bits per heavy atom. The quantitative estimate of drug-likeness (QED) is 0.729. The average molecular weight is 294 g/mol. The second kappa shape index (κ2) is 6.33. The van der Waals surface area contributed by atoms with Crippen LogP contribution < -0.4 is 4.90 Å². The summed E-state index contributed by atoms with van der Waals surface area (Å²) in [5.74, 6) is -0.0208. The number of benzene rings is 2. The molecule has 104 valence electrons. The number of amides is 1. The predicted octanol–water partition coefficient (Wildman–Crippen LogP) is 3.99. The van der Waals surface area contributed by atoms with E-state index in [-0.39, 0.29) is 5.91 Å². The molecular weight excluding hydrogens is 280 g/mol. The van der Waals surface area contributed by atoms with Crippen molar-refractivity contribution in [2.75, 3.05) is 4.90 Å². The first-order valence-electron chi connectivity index (χ1n) is 6.64. The summed E-state index contributed by atoms with van der Waals surface area (Å²) in [4.78, 5) is 19.1. The van der Waals surface area contributed by atoms with Gasteiger partial charge in [0.1, 0.15) is 4.88 Å². The summed E-state index contributed by atoms with van der Waals surface area (Å²) in [6.45, 7) is 0.543. The summed E-state index contributed by atoms with van der Waals surface area (Å²) in [6, 6.07) is 19.7. The van der Waals surface area contributed by atoms with Gasteiger partial charge in [-0.3, -0.25) is 9.78 Å². The van der Waals surface area contributed by atoms with Gasteiger partial charge in [0.15, 0.2) is 0 Å². The van der Waals surface area contributed by atoms with Crippen molar-refractivity contribution in [3.05, 3.63) is 82.8 Å². The van der Waals surface area contributed by atoms with Gasteiger partial charge in [-0.05, 0) is 17.7 Å². The summed E-state index contributed by atoms with van der Waals surface area (Å²) >= 11 is 1.36. The van der Waals surface area contributed by atoms with Crippen LogP contribution in [-0.2, 0) is 6.54 Å². The topological polar surface area (TPSA) is 33.2 Å². The molecule has 1 aromatic heterocycles. The van der Waals surface area contributed by atoms with E-state index in [0.29, 0.717) is 11.4 Å². The van der Waals surface area contributed by atoms with Crippen molar-refractivity contribution in [1.29, 1.82) is 0 Å². The van der Waals surface area contributed by atoms with E-state index in [1.807, 2.05) is 60.7 Å². The van der Waals surface area contributed by atoms with Gasteiger partial charge in [0.2, 0.25) is 0 Å². The zero-order valence-corrected chi connectivity index (χ0v) is 12.2. The highest BCUT2D eigenvalue weighted by Crippen LogP contribution is 2.21. The summed E-state index contributed by atoms with van der Waals surface area (Å²) in [5.41, 5.74) is 3.66. The van der Waals surface area contributed by atoms with Gasteiger partial charge in [-0.15, -0.1) is 11.3 Å². The standard InChI is InChI=1S/C17H14N2OS/c20-17(16-11-18-13-21-16)19(15-9-5-2-6-10-15)12-14-7-3-1-4-8-14/h1-11,13H,12H2. The largest absolute Gasteiger partial charge is 0.303 e. The van der Waals surface area contributed by atoms with Gasteiger partial charge in [-0.25, -0.2) is 0 Å². The molecule has 0 saturated heterocycles. The number of aromatic nitrogens is 1. The third-order valence-electron chi connectivity index (χ3n) is 3.14. The molecule has 21 heavy (non-hydrogen) atoms. The summed E-state index contributed by atoms with van der Waals surface area (Å²) < 4.78 is 0. The van der Waals surface area contributed by atoms with Gasteiger partial charge in [-0.2, -0.15) is 0 Å². The van der Waals surface area contributed by atoms with E-state index in [0.717, 1.165) is 11.3 Å². The summed E-state index contributed by atoms with van der Waals surface area (Å²) in [6.07, 6.45) is 1.62. The summed E-state index contributed by atoms with van der Waals surface area (Å²) in [7, 11) is 0. The van der Waals surface area contributed by atoms with Crippen molar-refractivity contribution in [3.8, 4) is 0 Å². The van der Waals surface area contributed by atoms with Crippen molar-refractivity contribution in [2.45, 2.75) is 6.54 Å². The predicted molar refractivity (Wildman–Crippen MR) is 85.5 cm³/mol. The highest BCUT2D eigenvalue weighted by atomic mass is 32.1. The van der Waals surface area contributed by atoms with Crippen LogP contribution in [0.25, 0.3) is 0 Å². The van der Waals surface area contributed by atoms with Gasteiger partial charge < -0.3 is 4.90 Å². The number of hydrogen-bond donors (Lipinski definition) is 0. The van der Waals surface area contributed by atoms with Crippen LogP contribution in [0.1, 0.15) is 15.2 Å². The maximum atomic E-state index is 12.7. The Labute approximate surface area is 127 Å². The van der Waals surface area contributed by atoms with E-state index in [1.54, 1.807) is 16.6 Å². The molecule has 0 saturated carbocycles. The van der Waals surface area contributed by atoms with E-state index in [9.17, 15) is 4.79 Å². The molecule has 0 atom stereocenters. The molecule has 2 aromatic carbocycles. The summed E-state index contributed by atoms with van der Waals surface area (Å²) in [5, 5.41) is 0. The number of hydrogen-bond acceptors (Lipinski definition) is 3. The third kappa shape index (κ3) is 3.17. The average Bonchev–Trinajstić information content (AvgIpc) is 3.08. The lowest BCUT2D eigenvalue weighted by molar-refractivity contribution is 0.0989. The minimum absolute atomic E-state index is 0.0208. The Bertz CT molecular complexity index is 696. The molecule has 0 aliphatic rings. The van der Waals surface area contributed by atoms with Crippen molar-refractivity contribution >= 4 is 22.9 Å². The minimum atomic E-state index is -0.0208. The highest BCUT2D eigenvalue weighted by Gasteiger charge is 2.19. The number of nitrogens with zero attached hydrogens (tertiary/aromatic N) is 2. The molecule has 0 unspecified atom stereocenters. The fourth-order valence-corrected chi connectivity index (χ4v) is 2.68. The first-order chi connectivity index (χ1) is 10.3. The van der Waals surface area contributed by atoms with Crippen LogP contribution in [0, 0.1) is 0 Å². The number of anilines is 1. The maximum absolute atomic E-state index is 12.7. The normalized spacial score (nSPS) is 10.3. The second-order valence-corrected chi connectivity index (χ2v) is 5.46. The Morgan fingerprint density at radius 1 is 1.00 bits per heavy atom. The zero-order chi connectivity index (χ0) is 14.5. The SMILES string of the molecule is O=C(c1cncs1)N(Cc1ccccc1)c1ccccc1. The van der Waals surface area contributed by atoms with Gasteiger partial charge in [0.25, 0.3) is 5.91 Å². The highest BCUT2D eigenvalue weighted by molar-refractivity contribution is 7.11. The number of thiazole rings is 1. The number of carbonyl (C=O) groups excluding carboxylic acids is 1.